The summed E-state index contributed by atoms with van der Waals surface area (Å²) >= 11 is 0. The normalized spacial score (nSPS) is 17.6. The van der Waals surface area contributed by atoms with Crippen molar-refractivity contribution in [2.24, 2.45) is 11.1 Å². The van der Waals surface area contributed by atoms with Crippen LogP contribution in [-0.2, 0) is 4.79 Å². The average Bonchev–Trinajstić information content (AvgIpc) is 2.33. The number of rotatable bonds is 9. The molecule has 3 N–H and O–H groups in total. The van der Waals surface area contributed by atoms with Crippen LogP contribution in [0.15, 0.2) is 0 Å². The molecule has 1 aliphatic rings. The summed E-state index contributed by atoms with van der Waals surface area (Å²) in [6, 6.07) is 0.595. The number of amides is 1. The Morgan fingerprint density at radius 2 is 2.05 bits per heavy atom. The first kappa shape index (κ1) is 16.4. The standard InChI is InChI=1S/C15H31N3O/c1-13(2)18(3)10-5-4-9-17-14(19)11-15(12-16)7-6-8-15/h13H,4-12,16H2,1-3H3,(H,17,19). The summed E-state index contributed by atoms with van der Waals surface area (Å²) in [5.74, 6) is 0.183. The predicted molar refractivity (Wildman–Crippen MR) is 80.0 cm³/mol. The van der Waals surface area contributed by atoms with Gasteiger partial charge in [0.25, 0.3) is 0 Å². The number of carbonyl (C=O) groups excluding carboxylic acids is 1. The fraction of sp³-hybridized carbons (Fsp3) is 0.933. The fourth-order valence-corrected chi connectivity index (χ4v) is 2.51. The van der Waals surface area contributed by atoms with Crippen molar-refractivity contribution < 1.29 is 4.79 Å². The minimum absolute atomic E-state index is 0.127. The number of nitrogens with two attached hydrogens (primary N) is 1. The third-order valence-corrected chi connectivity index (χ3v) is 4.52. The molecule has 1 fully saturated rings. The number of unbranched alkanes of at least 4 members (excludes halogenated alkanes) is 1. The SMILES string of the molecule is CC(C)N(C)CCCCNC(=O)CC1(CN)CCC1. The summed E-state index contributed by atoms with van der Waals surface area (Å²) in [6.07, 6.45) is 6.28. The van der Waals surface area contributed by atoms with Crippen LogP contribution in [0.25, 0.3) is 0 Å². The molecule has 4 nitrogen and oxygen atoms in total. The molecule has 0 saturated heterocycles. The predicted octanol–water partition coefficient (Wildman–Crippen LogP) is 1.74. The summed E-state index contributed by atoms with van der Waals surface area (Å²) in [5.41, 5.74) is 5.90. The van der Waals surface area contributed by atoms with Crippen molar-refractivity contribution >= 4 is 5.91 Å². The van der Waals surface area contributed by atoms with Crippen molar-refractivity contribution in [3.8, 4) is 0 Å². The molecule has 0 aromatic rings. The van der Waals surface area contributed by atoms with Crippen LogP contribution in [0, 0.1) is 5.41 Å². The minimum Gasteiger partial charge on any atom is -0.356 e. The lowest BCUT2D eigenvalue weighted by Gasteiger charge is -2.40. The smallest absolute Gasteiger partial charge is 0.220 e. The van der Waals surface area contributed by atoms with Gasteiger partial charge >= 0.3 is 0 Å². The first-order chi connectivity index (χ1) is 8.99. The molecule has 0 heterocycles. The van der Waals surface area contributed by atoms with Crippen molar-refractivity contribution in [2.75, 3.05) is 26.7 Å². The molecule has 0 bridgehead atoms. The number of hydrogen-bond donors (Lipinski definition) is 2. The highest BCUT2D eigenvalue weighted by molar-refractivity contribution is 5.76. The van der Waals surface area contributed by atoms with E-state index in [2.05, 4.69) is 31.1 Å². The van der Waals surface area contributed by atoms with Crippen molar-refractivity contribution in [1.29, 1.82) is 0 Å². The van der Waals surface area contributed by atoms with Crippen molar-refractivity contribution in [1.82, 2.24) is 10.2 Å². The molecule has 0 aliphatic heterocycles. The van der Waals surface area contributed by atoms with Crippen LogP contribution in [0.2, 0.25) is 0 Å². The Morgan fingerprint density at radius 1 is 1.37 bits per heavy atom. The van der Waals surface area contributed by atoms with Gasteiger partial charge in [0.1, 0.15) is 0 Å². The summed E-state index contributed by atoms with van der Waals surface area (Å²) < 4.78 is 0. The Bertz CT molecular complexity index is 269. The lowest BCUT2D eigenvalue weighted by Crippen LogP contribution is -2.42. The second kappa shape index (κ2) is 7.85. The first-order valence-corrected chi connectivity index (χ1v) is 7.66. The lowest BCUT2D eigenvalue weighted by atomic mass is 9.66. The summed E-state index contributed by atoms with van der Waals surface area (Å²) in [7, 11) is 2.14. The molecule has 0 atom stereocenters. The fourth-order valence-electron chi connectivity index (χ4n) is 2.51. The highest BCUT2D eigenvalue weighted by atomic mass is 16.1. The van der Waals surface area contributed by atoms with Gasteiger partial charge in [0.2, 0.25) is 5.91 Å². The van der Waals surface area contributed by atoms with Crippen LogP contribution in [0.4, 0.5) is 0 Å². The van der Waals surface area contributed by atoms with Crippen LogP contribution < -0.4 is 11.1 Å². The zero-order valence-corrected chi connectivity index (χ0v) is 12.9. The van der Waals surface area contributed by atoms with Crippen molar-refractivity contribution in [2.45, 2.75) is 58.4 Å². The molecule has 19 heavy (non-hydrogen) atoms. The van der Waals surface area contributed by atoms with Crippen LogP contribution in [0.5, 0.6) is 0 Å². The van der Waals surface area contributed by atoms with E-state index in [1.807, 2.05) is 0 Å². The monoisotopic (exact) mass is 269 g/mol. The van der Waals surface area contributed by atoms with E-state index in [0.29, 0.717) is 19.0 Å². The van der Waals surface area contributed by atoms with Crippen LogP contribution in [-0.4, -0.2) is 43.5 Å². The summed E-state index contributed by atoms with van der Waals surface area (Å²) in [4.78, 5) is 14.2. The van der Waals surface area contributed by atoms with Gasteiger partial charge in [0, 0.05) is 19.0 Å². The maximum absolute atomic E-state index is 11.8. The van der Waals surface area contributed by atoms with Crippen LogP contribution >= 0.6 is 0 Å². The van der Waals surface area contributed by atoms with Gasteiger partial charge in [-0.15, -0.1) is 0 Å². The topological polar surface area (TPSA) is 58.4 Å². The molecule has 0 unspecified atom stereocenters. The molecule has 4 heteroatoms. The maximum Gasteiger partial charge on any atom is 0.220 e. The Morgan fingerprint density at radius 3 is 2.53 bits per heavy atom. The first-order valence-electron chi connectivity index (χ1n) is 7.66. The van der Waals surface area contributed by atoms with Crippen molar-refractivity contribution in [3.63, 3.8) is 0 Å². The molecule has 0 aromatic heterocycles. The molecule has 0 spiro atoms. The summed E-state index contributed by atoms with van der Waals surface area (Å²) in [5, 5.41) is 3.03. The zero-order valence-electron chi connectivity index (χ0n) is 12.9. The average molecular weight is 269 g/mol. The molecule has 1 aliphatic carbocycles. The van der Waals surface area contributed by atoms with Gasteiger partial charge in [-0.05, 0) is 65.1 Å². The van der Waals surface area contributed by atoms with Gasteiger partial charge in [-0.25, -0.2) is 0 Å². The van der Waals surface area contributed by atoms with E-state index in [1.54, 1.807) is 0 Å². The van der Waals surface area contributed by atoms with E-state index in [1.165, 1.54) is 6.42 Å². The van der Waals surface area contributed by atoms with Crippen LogP contribution in [0.1, 0.15) is 52.4 Å². The van der Waals surface area contributed by atoms with E-state index >= 15 is 0 Å². The third kappa shape index (κ3) is 5.49. The van der Waals surface area contributed by atoms with Crippen molar-refractivity contribution in [3.05, 3.63) is 0 Å². The van der Waals surface area contributed by atoms with Gasteiger partial charge in [-0.2, -0.15) is 0 Å². The largest absolute Gasteiger partial charge is 0.356 e. The van der Waals surface area contributed by atoms with Gasteiger partial charge in [-0.1, -0.05) is 6.42 Å². The number of nitrogens with zero attached hydrogens (tertiary/aromatic N) is 1. The molecule has 0 aromatic carbocycles. The Balaban J connectivity index is 2.04. The van der Waals surface area contributed by atoms with E-state index in [-0.39, 0.29) is 11.3 Å². The van der Waals surface area contributed by atoms with Gasteiger partial charge in [-0.3, -0.25) is 4.79 Å². The molecular formula is C15H31N3O. The summed E-state index contributed by atoms with van der Waals surface area (Å²) in [6.45, 7) is 6.95. The van der Waals surface area contributed by atoms with Gasteiger partial charge in [0.05, 0.1) is 0 Å². The molecule has 0 radical (unpaired) electrons. The quantitative estimate of drug-likeness (QED) is 0.627. The van der Waals surface area contributed by atoms with Gasteiger partial charge < -0.3 is 16.0 Å². The Labute approximate surface area is 118 Å². The number of hydrogen-bond acceptors (Lipinski definition) is 3. The van der Waals surface area contributed by atoms with E-state index in [9.17, 15) is 4.79 Å². The molecule has 1 rings (SSSR count). The Hall–Kier alpha value is -0.610. The minimum atomic E-state index is 0.127. The van der Waals surface area contributed by atoms with Gasteiger partial charge in [0.15, 0.2) is 0 Å². The lowest BCUT2D eigenvalue weighted by molar-refractivity contribution is -0.124. The maximum atomic E-state index is 11.8. The van der Waals surface area contributed by atoms with E-state index in [4.69, 9.17) is 5.73 Å². The molecule has 1 saturated carbocycles. The second-order valence-corrected chi connectivity index (χ2v) is 6.37. The Kier molecular flexibility index (Phi) is 6.80. The zero-order chi connectivity index (χ0) is 14.3. The highest BCUT2D eigenvalue weighted by Gasteiger charge is 2.37. The molecular weight excluding hydrogens is 238 g/mol. The third-order valence-electron chi connectivity index (χ3n) is 4.52. The highest BCUT2D eigenvalue weighted by Crippen LogP contribution is 2.42. The number of carbonyl (C=O) groups is 1. The van der Waals surface area contributed by atoms with E-state index < -0.39 is 0 Å². The number of nitrogens with one attached hydrogen (secondary N) is 1. The molecule has 1 amide bonds. The molecule has 112 valence electrons. The second-order valence-electron chi connectivity index (χ2n) is 6.37. The van der Waals surface area contributed by atoms with Crippen LogP contribution in [0.3, 0.4) is 0 Å². The van der Waals surface area contributed by atoms with E-state index in [0.717, 1.165) is 38.8 Å².